The molecule has 0 saturated carbocycles. The number of nitrogens with one attached hydrogen (secondary N) is 3. The van der Waals surface area contributed by atoms with Crippen LogP contribution in [0.5, 0.6) is 0 Å². The van der Waals surface area contributed by atoms with Gasteiger partial charge in [0.1, 0.15) is 6.04 Å². The summed E-state index contributed by atoms with van der Waals surface area (Å²) in [7, 11) is 0. The van der Waals surface area contributed by atoms with Crippen molar-refractivity contribution in [2.45, 2.75) is 83.0 Å². The van der Waals surface area contributed by atoms with Gasteiger partial charge in [0.2, 0.25) is 11.8 Å². The Bertz CT molecular complexity index is 1510. The molecule has 3 fully saturated rings. The first kappa shape index (κ1) is 33.5. The van der Waals surface area contributed by atoms with E-state index in [1.165, 1.54) is 26.2 Å². The molecule has 6 amide bonds. The number of ketones is 1. The Balaban J connectivity index is 1.08. The summed E-state index contributed by atoms with van der Waals surface area (Å²) in [4.78, 5) is 73.4. The summed E-state index contributed by atoms with van der Waals surface area (Å²) < 4.78 is 0. The molecule has 1 atom stereocenters. The minimum Gasteiger partial charge on any atom is -0.342 e. The first-order chi connectivity index (χ1) is 23.2. The topological polar surface area (TPSA) is 134 Å². The third-order valence-electron chi connectivity index (χ3n) is 10.3. The monoisotopic (exact) mass is 657 g/mol. The number of urea groups is 2. The SMILES string of the molecule is CC(=O)c1cccc(NC(=O)N[C@@H](CC(=O)N2CCC(N3Cc4ccccc4NC3=O)CC2)C(=O)N2CCC(N3CCCCC3)CC2)c1. The van der Waals surface area contributed by atoms with Crippen LogP contribution >= 0.6 is 0 Å². The molecule has 0 aliphatic carbocycles. The molecule has 4 heterocycles. The molecule has 256 valence electrons. The van der Waals surface area contributed by atoms with Crippen LogP contribution in [0, 0.1) is 0 Å². The van der Waals surface area contributed by atoms with E-state index in [2.05, 4.69) is 20.9 Å². The van der Waals surface area contributed by atoms with Crippen molar-refractivity contribution in [2.75, 3.05) is 49.9 Å². The number of hydrogen-bond donors (Lipinski definition) is 3. The van der Waals surface area contributed by atoms with Gasteiger partial charge < -0.3 is 35.6 Å². The van der Waals surface area contributed by atoms with Gasteiger partial charge in [-0.15, -0.1) is 0 Å². The molecule has 0 unspecified atom stereocenters. The van der Waals surface area contributed by atoms with Crippen LogP contribution in [0.25, 0.3) is 0 Å². The number of anilines is 2. The number of hydrogen-bond acceptors (Lipinski definition) is 6. The lowest BCUT2D eigenvalue weighted by Gasteiger charge is -2.41. The Labute approximate surface area is 282 Å². The smallest absolute Gasteiger partial charge is 0.322 e. The molecule has 0 bridgehead atoms. The van der Waals surface area contributed by atoms with Gasteiger partial charge in [-0.25, -0.2) is 9.59 Å². The van der Waals surface area contributed by atoms with E-state index >= 15 is 0 Å². The lowest BCUT2D eigenvalue weighted by Crippen LogP contribution is -2.56. The van der Waals surface area contributed by atoms with Gasteiger partial charge in [0, 0.05) is 61.7 Å². The van der Waals surface area contributed by atoms with Crippen LogP contribution in [-0.4, -0.2) is 107 Å². The Morgan fingerprint density at radius 1 is 0.833 bits per heavy atom. The number of fused-ring (bicyclic) bond motifs is 1. The molecule has 12 nitrogen and oxygen atoms in total. The summed E-state index contributed by atoms with van der Waals surface area (Å²) in [6.07, 6.45) is 6.55. The number of benzene rings is 2. The van der Waals surface area contributed by atoms with E-state index < -0.39 is 12.1 Å². The van der Waals surface area contributed by atoms with Gasteiger partial charge >= 0.3 is 12.1 Å². The number of carbonyl (C=O) groups is 5. The van der Waals surface area contributed by atoms with E-state index in [0.717, 1.165) is 37.2 Å². The highest BCUT2D eigenvalue weighted by atomic mass is 16.2. The lowest BCUT2D eigenvalue weighted by molar-refractivity contribution is -0.140. The van der Waals surface area contributed by atoms with Gasteiger partial charge in [0.25, 0.3) is 0 Å². The number of likely N-dealkylation sites (tertiary alicyclic amines) is 3. The number of rotatable bonds is 8. The summed E-state index contributed by atoms with van der Waals surface area (Å²) in [6, 6.07) is 13.1. The number of piperidine rings is 3. The minimum absolute atomic E-state index is 0.00398. The summed E-state index contributed by atoms with van der Waals surface area (Å²) in [5, 5.41) is 8.50. The van der Waals surface area contributed by atoms with Crippen molar-refractivity contribution in [3.8, 4) is 0 Å². The Kier molecular flexibility index (Phi) is 10.6. The third-order valence-corrected chi connectivity index (χ3v) is 10.3. The van der Waals surface area contributed by atoms with E-state index in [4.69, 9.17) is 0 Å². The maximum atomic E-state index is 13.9. The van der Waals surface area contributed by atoms with Crippen LogP contribution in [0.4, 0.5) is 21.0 Å². The molecule has 6 rings (SSSR count). The second-order valence-electron chi connectivity index (χ2n) is 13.5. The summed E-state index contributed by atoms with van der Waals surface area (Å²) in [6.45, 7) is 6.28. The van der Waals surface area contributed by atoms with Crippen molar-refractivity contribution in [3.63, 3.8) is 0 Å². The van der Waals surface area contributed by atoms with E-state index in [-0.39, 0.29) is 36.1 Å². The quantitative estimate of drug-likeness (QED) is 0.363. The fraction of sp³-hybridized carbons (Fsp3) is 0.528. The molecule has 3 saturated heterocycles. The Hall–Kier alpha value is -4.45. The number of amides is 6. The normalized spacial score (nSPS) is 20.0. The van der Waals surface area contributed by atoms with Crippen molar-refractivity contribution in [1.82, 2.24) is 24.9 Å². The molecule has 0 radical (unpaired) electrons. The molecule has 4 aliphatic rings. The lowest BCUT2D eigenvalue weighted by atomic mass is 9.98. The summed E-state index contributed by atoms with van der Waals surface area (Å²) >= 11 is 0. The molecule has 3 N–H and O–H groups in total. The summed E-state index contributed by atoms with van der Waals surface area (Å²) in [5.74, 6) is -0.589. The average Bonchev–Trinajstić information content (AvgIpc) is 3.11. The van der Waals surface area contributed by atoms with Crippen LogP contribution in [0.1, 0.15) is 74.2 Å². The third kappa shape index (κ3) is 7.98. The number of carbonyl (C=O) groups excluding carboxylic acids is 5. The molecule has 12 heteroatoms. The van der Waals surface area contributed by atoms with Crippen LogP contribution in [0.3, 0.4) is 0 Å². The molecular formula is C36H47N7O5. The van der Waals surface area contributed by atoms with Crippen LogP contribution in [-0.2, 0) is 16.1 Å². The van der Waals surface area contributed by atoms with Gasteiger partial charge in [0.15, 0.2) is 5.78 Å². The number of para-hydroxylation sites is 1. The van der Waals surface area contributed by atoms with E-state index in [9.17, 15) is 24.0 Å². The van der Waals surface area contributed by atoms with Gasteiger partial charge in [-0.3, -0.25) is 14.4 Å². The number of nitrogens with zero attached hydrogens (tertiary/aromatic N) is 4. The highest BCUT2D eigenvalue weighted by molar-refractivity contribution is 5.98. The Morgan fingerprint density at radius 3 is 2.25 bits per heavy atom. The second kappa shape index (κ2) is 15.2. The van der Waals surface area contributed by atoms with Crippen molar-refractivity contribution >= 4 is 41.0 Å². The largest absolute Gasteiger partial charge is 0.342 e. The standard InChI is InChI=1S/C36H47N7O5/c1-25(44)26-9-7-10-28(22-26)37-35(47)38-32(34(46)42-20-12-29(13-21-42)40-16-5-2-6-17-40)23-33(45)41-18-14-30(15-19-41)43-24-27-8-3-4-11-31(27)39-36(43)48/h3-4,7-11,22,29-30,32H,2,5-6,12-21,23-24H2,1H3,(H,39,48)(H2,37,38,47)/t32-/m0/s1. The molecule has 0 spiro atoms. The van der Waals surface area contributed by atoms with Gasteiger partial charge in [-0.2, -0.15) is 0 Å². The molecule has 2 aromatic carbocycles. The Morgan fingerprint density at radius 2 is 1.52 bits per heavy atom. The zero-order valence-corrected chi connectivity index (χ0v) is 27.8. The van der Waals surface area contributed by atoms with E-state index in [0.29, 0.717) is 62.9 Å². The number of Topliss-reactive ketones (excluding diaryl/α,β-unsaturated/α-hetero) is 1. The minimum atomic E-state index is -1.04. The van der Waals surface area contributed by atoms with Crippen molar-refractivity contribution < 1.29 is 24.0 Å². The summed E-state index contributed by atoms with van der Waals surface area (Å²) in [5.41, 5.74) is 2.78. The van der Waals surface area contributed by atoms with Crippen LogP contribution < -0.4 is 16.0 Å². The fourth-order valence-corrected chi connectivity index (χ4v) is 7.54. The van der Waals surface area contributed by atoms with E-state index in [1.807, 2.05) is 29.2 Å². The van der Waals surface area contributed by atoms with Crippen molar-refractivity contribution in [1.29, 1.82) is 0 Å². The average molecular weight is 658 g/mol. The van der Waals surface area contributed by atoms with Crippen molar-refractivity contribution in [3.05, 3.63) is 59.7 Å². The molecule has 0 aromatic heterocycles. The highest BCUT2D eigenvalue weighted by Gasteiger charge is 2.36. The zero-order chi connectivity index (χ0) is 33.6. The molecule has 48 heavy (non-hydrogen) atoms. The predicted octanol–water partition coefficient (Wildman–Crippen LogP) is 4.29. The maximum absolute atomic E-state index is 13.9. The van der Waals surface area contributed by atoms with Gasteiger partial charge in [-0.05, 0) is 82.3 Å². The van der Waals surface area contributed by atoms with E-state index in [1.54, 1.807) is 34.1 Å². The van der Waals surface area contributed by atoms with Crippen molar-refractivity contribution in [2.24, 2.45) is 0 Å². The second-order valence-corrected chi connectivity index (χ2v) is 13.5. The maximum Gasteiger partial charge on any atom is 0.322 e. The van der Waals surface area contributed by atoms with Crippen LogP contribution in [0.15, 0.2) is 48.5 Å². The molecule has 4 aliphatic heterocycles. The zero-order valence-electron chi connectivity index (χ0n) is 27.8. The molecular weight excluding hydrogens is 610 g/mol. The first-order valence-corrected chi connectivity index (χ1v) is 17.4. The van der Waals surface area contributed by atoms with Gasteiger partial charge in [-0.1, -0.05) is 36.8 Å². The van der Waals surface area contributed by atoms with Crippen LogP contribution in [0.2, 0.25) is 0 Å². The first-order valence-electron chi connectivity index (χ1n) is 17.4. The predicted molar refractivity (Wildman–Crippen MR) is 183 cm³/mol. The highest BCUT2D eigenvalue weighted by Crippen LogP contribution is 2.28. The fourth-order valence-electron chi connectivity index (χ4n) is 7.54. The molecule has 2 aromatic rings. The van der Waals surface area contributed by atoms with Gasteiger partial charge in [0.05, 0.1) is 6.42 Å².